The van der Waals surface area contributed by atoms with Gasteiger partial charge in [0.05, 0.1) is 17.5 Å². The van der Waals surface area contributed by atoms with Gasteiger partial charge in [0.25, 0.3) is 5.91 Å². The van der Waals surface area contributed by atoms with Crippen LogP contribution in [0.3, 0.4) is 0 Å². The molecule has 0 spiro atoms. The van der Waals surface area contributed by atoms with Crippen molar-refractivity contribution in [1.29, 1.82) is 0 Å². The molecule has 4 rings (SSSR count). The van der Waals surface area contributed by atoms with E-state index in [1.807, 2.05) is 24.4 Å². The number of nitrogens with one attached hydrogen (secondary N) is 1. The third-order valence-corrected chi connectivity index (χ3v) is 5.31. The highest BCUT2D eigenvalue weighted by Crippen LogP contribution is 2.42. The number of hydrogen-bond acceptors (Lipinski definition) is 4. The molecule has 5 nitrogen and oxygen atoms in total. The number of carbonyl (C=O) groups is 1. The number of nitrogens with zero attached hydrogens (tertiary/aromatic N) is 2. The summed E-state index contributed by atoms with van der Waals surface area (Å²) in [7, 11) is 0. The third-order valence-electron chi connectivity index (χ3n) is 5.31. The van der Waals surface area contributed by atoms with Crippen molar-refractivity contribution in [3.05, 3.63) is 53.7 Å². The molecular weight excluding hydrogens is 314 g/mol. The van der Waals surface area contributed by atoms with E-state index >= 15 is 0 Å². The molecular formula is C20H25N3O2. The molecule has 1 saturated heterocycles. The Morgan fingerprint density at radius 1 is 1.32 bits per heavy atom. The number of likely N-dealkylation sites (tertiary alicyclic amines) is 1. The Morgan fingerprint density at radius 3 is 2.92 bits per heavy atom. The van der Waals surface area contributed by atoms with Crippen molar-refractivity contribution in [2.75, 3.05) is 13.1 Å². The van der Waals surface area contributed by atoms with E-state index in [2.05, 4.69) is 28.2 Å². The van der Waals surface area contributed by atoms with Crippen molar-refractivity contribution < 1.29 is 9.21 Å². The molecule has 1 saturated carbocycles. The van der Waals surface area contributed by atoms with Crippen molar-refractivity contribution in [2.45, 2.75) is 44.7 Å². The molecule has 5 heteroatoms. The zero-order chi connectivity index (χ0) is 17.2. The standard InChI is InChI=1S/C20H25N3O2/c1-14-12-23(13-16-4-2-3-9-21-16)10-7-18(14)22-20(24)17-8-11-25-19(17)15-5-6-15/h2-4,8-9,11,14-15,18H,5-7,10,12-13H2,1H3,(H,22,24)/t14-,18+/m1/s1. The summed E-state index contributed by atoms with van der Waals surface area (Å²) < 4.78 is 5.53. The van der Waals surface area contributed by atoms with Crippen LogP contribution in [0.15, 0.2) is 41.1 Å². The minimum Gasteiger partial charge on any atom is -0.468 e. The first-order chi connectivity index (χ1) is 12.2. The summed E-state index contributed by atoms with van der Waals surface area (Å²) in [5.41, 5.74) is 1.83. The lowest BCUT2D eigenvalue weighted by Gasteiger charge is -2.37. The molecule has 2 aromatic rings. The Labute approximate surface area is 148 Å². The van der Waals surface area contributed by atoms with Crippen LogP contribution in [0, 0.1) is 5.92 Å². The summed E-state index contributed by atoms with van der Waals surface area (Å²) >= 11 is 0. The van der Waals surface area contributed by atoms with Gasteiger partial charge in [-0.05, 0) is 43.4 Å². The molecule has 2 aliphatic rings. The molecule has 1 aliphatic heterocycles. The average molecular weight is 339 g/mol. The summed E-state index contributed by atoms with van der Waals surface area (Å²) in [4.78, 5) is 19.5. The van der Waals surface area contributed by atoms with Gasteiger partial charge in [-0.1, -0.05) is 13.0 Å². The highest BCUT2D eigenvalue weighted by atomic mass is 16.3. The Kier molecular flexibility index (Phi) is 4.57. The van der Waals surface area contributed by atoms with E-state index in [4.69, 9.17) is 4.42 Å². The zero-order valence-corrected chi connectivity index (χ0v) is 14.6. The van der Waals surface area contributed by atoms with Crippen LogP contribution >= 0.6 is 0 Å². The van der Waals surface area contributed by atoms with E-state index in [0.29, 0.717) is 11.8 Å². The van der Waals surface area contributed by atoms with Gasteiger partial charge in [0.2, 0.25) is 0 Å². The fourth-order valence-electron chi connectivity index (χ4n) is 3.73. The van der Waals surface area contributed by atoms with Crippen LogP contribution < -0.4 is 5.32 Å². The molecule has 25 heavy (non-hydrogen) atoms. The summed E-state index contributed by atoms with van der Waals surface area (Å²) in [6.07, 6.45) is 6.72. The molecule has 0 bridgehead atoms. The Bertz CT molecular complexity index is 724. The zero-order valence-electron chi connectivity index (χ0n) is 14.6. The predicted octanol–water partition coefficient (Wildman–Crippen LogP) is 3.19. The fraction of sp³-hybridized carbons (Fsp3) is 0.500. The lowest BCUT2D eigenvalue weighted by molar-refractivity contribution is 0.0857. The number of aromatic nitrogens is 1. The molecule has 0 aromatic carbocycles. The topological polar surface area (TPSA) is 58.4 Å². The maximum absolute atomic E-state index is 12.7. The summed E-state index contributed by atoms with van der Waals surface area (Å²) in [5.74, 6) is 1.76. The number of amides is 1. The second-order valence-electron chi connectivity index (χ2n) is 7.37. The molecule has 2 aromatic heterocycles. The van der Waals surface area contributed by atoms with Crippen LogP contribution in [0.2, 0.25) is 0 Å². The molecule has 1 aliphatic carbocycles. The first-order valence-electron chi connectivity index (χ1n) is 9.21. The van der Waals surface area contributed by atoms with Crippen LogP contribution in [-0.2, 0) is 6.54 Å². The molecule has 132 valence electrons. The number of hydrogen-bond donors (Lipinski definition) is 1. The van der Waals surface area contributed by atoms with E-state index in [1.165, 1.54) is 0 Å². The van der Waals surface area contributed by atoms with Gasteiger partial charge in [0, 0.05) is 37.8 Å². The molecule has 2 atom stereocenters. The molecule has 0 unspecified atom stereocenters. The molecule has 1 amide bonds. The first-order valence-corrected chi connectivity index (χ1v) is 9.21. The van der Waals surface area contributed by atoms with Crippen molar-refractivity contribution in [1.82, 2.24) is 15.2 Å². The number of pyridine rings is 1. The van der Waals surface area contributed by atoms with Crippen LogP contribution in [0.1, 0.15) is 53.9 Å². The van der Waals surface area contributed by atoms with Gasteiger partial charge in [0.15, 0.2) is 0 Å². The monoisotopic (exact) mass is 339 g/mol. The minimum absolute atomic E-state index is 0.0191. The maximum Gasteiger partial charge on any atom is 0.255 e. The van der Waals surface area contributed by atoms with E-state index in [9.17, 15) is 4.79 Å². The highest BCUT2D eigenvalue weighted by Gasteiger charge is 2.33. The minimum atomic E-state index is 0.0191. The maximum atomic E-state index is 12.7. The molecule has 2 fully saturated rings. The van der Waals surface area contributed by atoms with Crippen molar-refractivity contribution in [3.8, 4) is 0 Å². The normalized spacial score (nSPS) is 24.2. The van der Waals surface area contributed by atoms with Gasteiger partial charge in [-0.3, -0.25) is 14.7 Å². The lowest BCUT2D eigenvalue weighted by Crippen LogP contribution is -2.49. The van der Waals surface area contributed by atoms with Gasteiger partial charge >= 0.3 is 0 Å². The number of piperidine rings is 1. The van der Waals surface area contributed by atoms with Gasteiger partial charge in [-0.15, -0.1) is 0 Å². The predicted molar refractivity (Wildman–Crippen MR) is 95.2 cm³/mol. The number of carbonyl (C=O) groups excluding carboxylic acids is 1. The summed E-state index contributed by atoms with van der Waals surface area (Å²) in [6.45, 7) is 5.04. The van der Waals surface area contributed by atoms with Gasteiger partial charge in [0.1, 0.15) is 5.76 Å². The first kappa shape index (κ1) is 16.3. The Morgan fingerprint density at radius 2 is 2.20 bits per heavy atom. The highest BCUT2D eigenvalue weighted by molar-refractivity contribution is 5.95. The van der Waals surface area contributed by atoms with Crippen molar-refractivity contribution in [2.24, 2.45) is 5.92 Å². The molecule has 1 N–H and O–H groups in total. The van der Waals surface area contributed by atoms with Crippen LogP contribution in [0.25, 0.3) is 0 Å². The van der Waals surface area contributed by atoms with Gasteiger partial charge < -0.3 is 9.73 Å². The second kappa shape index (κ2) is 7.00. The van der Waals surface area contributed by atoms with Crippen LogP contribution in [0.5, 0.6) is 0 Å². The molecule has 3 heterocycles. The summed E-state index contributed by atoms with van der Waals surface area (Å²) in [6, 6.07) is 8.07. The smallest absolute Gasteiger partial charge is 0.255 e. The SMILES string of the molecule is C[C@@H]1CN(Cc2ccccn2)CC[C@@H]1NC(=O)c1ccoc1C1CC1. The Balaban J connectivity index is 1.33. The summed E-state index contributed by atoms with van der Waals surface area (Å²) in [5, 5.41) is 3.24. The Hall–Kier alpha value is -2.14. The second-order valence-corrected chi connectivity index (χ2v) is 7.37. The average Bonchev–Trinajstić information content (AvgIpc) is 3.34. The van der Waals surface area contributed by atoms with Crippen LogP contribution in [0.4, 0.5) is 0 Å². The third kappa shape index (κ3) is 3.76. The fourth-order valence-corrected chi connectivity index (χ4v) is 3.73. The number of rotatable bonds is 5. The van der Waals surface area contributed by atoms with Crippen molar-refractivity contribution in [3.63, 3.8) is 0 Å². The lowest BCUT2D eigenvalue weighted by atomic mass is 9.93. The van der Waals surface area contributed by atoms with E-state index < -0.39 is 0 Å². The van der Waals surface area contributed by atoms with E-state index in [1.54, 1.807) is 6.26 Å². The van der Waals surface area contributed by atoms with E-state index in [-0.39, 0.29) is 11.9 Å². The number of furan rings is 1. The van der Waals surface area contributed by atoms with E-state index in [0.717, 1.165) is 55.9 Å². The quantitative estimate of drug-likeness (QED) is 0.909. The van der Waals surface area contributed by atoms with Gasteiger partial charge in [-0.2, -0.15) is 0 Å². The molecule has 0 radical (unpaired) electrons. The van der Waals surface area contributed by atoms with Crippen LogP contribution in [-0.4, -0.2) is 34.9 Å². The van der Waals surface area contributed by atoms with Crippen molar-refractivity contribution >= 4 is 5.91 Å². The largest absolute Gasteiger partial charge is 0.468 e. The van der Waals surface area contributed by atoms with Gasteiger partial charge in [-0.25, -0.2) is 0 Å².